The van der Waals surface area contributed by atoms with Crippen molar-refractivity contribution in [2.75, 3.05) is 25.0 Å². The average Bonchev–Trinajstić information content (AvgIpc) is 3.24. The minimum absolute atomic E-state index is 0.0101. The summed E-state index contributed by atoms with van der Waals surface area (Å²) in [7, 11) is 1.78. The fourth-order valence-corrected chi connectivity index (χ4v) is 3.21. The third kappa shape index (κ3) is 3.01. The van der Waals surface area contributed by atoms with E-state index < -0.39 is 0 Å². The van der Waals surface area contributed by atoms with Gasteiger partial charge in [0.1, 0.15) is 0 Å². The molecule has 0 aliphatic carbocycles. The Morgan fingerprint density at radius 3 is 3.14 bits per heavy atom. The lowest BCUT2D eigenvalue weighted by atomic mass is 10.1. The molecule has 1 aliphatic rings. The van der Waals surface area contributed by atoms with Crippen molar-refractivity contribution in [3.8, 4) is 0 Å². The minimum atomic E-state index is -0.286. The maximum absolute atomic E-state index is 12.5. The number of rotatable bonds is 5. The predicted octanol–water partition coefficient (Wildman–Crippen LogP) is 0.920. The molecule has 0 aromatic carbocycles. The number of thiazole rings is 1. The highest BCUT2D eigenvalue weighted by Gasteiger charge is 2.37. The first kappa shape index (κ1) is 14.7. The molecule has 116 valence electrons. The largest absolute Gasteiger partial charge is 0.345 e. The fourth-order valence-electron chi connectivity index (χ4n) is 2.54. The van der Waals surface area contributed by atoms with Crippen LogP contribution in [0.15, 0.2) is 24.0 Å². The lowest BCUT2D eigenvalue weighted by Gasteiger charge is -2.20. The van der Waals surface area contributed by atoms with Crippen LogP contribution in [0.1, 0.15) is 12.0 Å². The van der Waals surface area contributed by atoms with Gasteiger partial charge in [0.05, 0.1) is 12.1 Å². The second kappa shape index (κ2) is 6.27. The molecule has 0 bridgehead atoms. The van der Waals surface area contributed by atoms with E-state index in [1.807, 2.05) is 11.6 Å². The van der Waals surface area contributed by atoms with Crippen molar-refractivity contribution < 1.29 is 9.59 Å². The molecule has 2 aromatic heterocycles. The Labute approximate surface area is 132 Å². The molecule has 0 radical (unpaired) electrons. The highest BCUT2D eigenvalue weighted by Crippen LogP contribution is 2.27. The van der Waals surface area contributed by atoms with Gasteiger partial charge in [0, 0.05) is 44.3 Å². The highest BCUT2D eigenvalue weighted by atomic mass is 32.1. The van der Waals surface area contributed by atoms with Crippen LogP contribution in [-0.2, 0) is 16.0 Å². The smallest absolute Gasteiger partial charge is 0.229 e. The van der Waals surface area contributed by atoms with Gasteiger partial charge in [-0.3, -0.25) is 19.6 Å². The van der Waals surface area contributed by atoms with Gasteiger partial charge in [0.2, 0.25) is 11.8 Å². The number of anilines is 1. The lowest BCUT2D eigenvalue weighted by Crippen LogP contribution is -2.35. The number of hydrogen-bond donors (Lipinski definition) is 1. The summed E-state index contributed by atoms with van der Waals surface area (Å²) in [5, 5.41) is 9.14. The summed E-state index contributed by atoms with van der Waals surface area (Å²) in [4.78, 5) is 32.0. The number of nitrogens with zero attached hydrogens (tertiary/aromatic N) is 4. The van der Waals surface area contributed by atoms with Gasteiger partial charge in [-0.15, -0.1) is 11.3 Å². The zero-order valence-corrected chi connectivity index (χ0v) is 13.0. The molecule has 1 N–H and O–H groups in total. The summed E-state index contributed by atoms with van der Waals surface area (Å²) in [5.41, 5.74) is 1.06. The third-order valence-electron chi connectivity index (χ3n) is 3.79. The molecule has 7 nitrogen and oxygen atoms in total. The van der Waals surface area contributed by atoms with Crippen molar-refractivity contribution >= 4 is 28.3 Å². The molecule has 1 saturated heterocycles. The first-order valence-corrected chi connectivity index (χ1v) is 7.95. The first-order chi connectivity index (χ1) is 10.6. The summed E-state index contributed by atoms with van der Waals surface area (Å²) in [5.74, 6) is -0.307. The molecule has 0 spiro atoms. The van der Waals surface area contributed by atoms with Crippen molar-refractivity contribution in [2.45, 2.75) is 12.8 Å². The molecule has 1 unspecified atom stereocenters. The summed E-state index contributed by atoms with van der Waals surface area (Å²) in [6, 6.07) is 0. The molecule has 2 amide bonds. The second-order valence-corrected chi connectivity index (χ2v) is 6.21. The Balaban J connectivity index is 1.57. The number of aromatic amines is 1. The van der Waals surface area contributed by atoms with E-state index in [1.165, 1.54) is 11.3 Å². The molecule has 22 heavy (non-hydrogen) atoms. The maximum Gasteiger partial charge on any atom is 0.229 e. The van der Waals surface area contributed by atoms with E-state index in [9.17, 15) is 9.59 Å². The topological polar surface area (TPSA) is 82.2 Å². The van der Waals surface area contributed by atoms with E-state index in [0.29, 0.717) is 18.2 Å². The van der Waals surface area contributed by atoms with E-state index in [-0.39, 0.29) is 24.2 Å². The molecule has 0 saturated carbocycles. The van der Waals surface area contributed by atoms with Gasteiger partial charge in [0.25, 0.3) is 0 Å². The van der Waals surface area contributed by atoms with Crippen LogP contribution in [0.4, 0.5) is 5.13 Å². The van der Waals surface area contributed by atoms with Gasteiger partial charge >= 0.3 is 0 Å². The van der Waals surface area contributed by atoms with Gasteiger partial charge in [0.15, 0.2) is 5.13 Å². The van der Waals surface area contributed by atoms with E-state index in [4.69, 9.17) is 0 Å². The third-order valence-corrected chi connectivity index (χ3v) is 4.59. The minimum Gasteiger partial charge on any atom is -0.345 e. The van der Waals surface area contributed by atoms with Crippen LogP contribution in [-0.4, -0.2) is 52.0 Å². The first-order valence-electron chi connectivity index (χ1n) is 7.07. The van der Waals surface area contributed by atoms with Gasteiger partial charge < -0.3 is 4.90 Å². The van der Waals surface area contributed by atoms with E-state index >= 15 is 0 Å². The van der Waals surface area contributed by atoms with E-state index in [0.717, 1.165) is 12.0 Å². The van der Waals surface area contributed by atoms with Crippen LogP contribution in [0.25, 0.3) is 0 Å². The van der Waals surface area contributed by atoms with Gasteiger partial charge in [-0.05, 0) is 12.0 Å². The van der Waals surface area contributed by atoms with Crippen LogP contribution in [0.2, 0.25) is 0 Å². The van der Waals surface area contributed by atoms with Crippen LogP contribution in [0.5, 0.6) is 0 Å². The Morgan fingerprint density at radius 1 is 1.59 bits per heavy atom. The zero-order chi connectivity index (χ0) is 15.5. The van der Waals surface area contributed by atoms with Crippen molar-refractivity contribution in [3.05, 3.63) is 29.5 Å². The number of likely N-dealkylation sites (N-methyl/N-ethyl adjacent to an activating group) is 1. The number of hydrogen-bond acceptors (Lipinski definition) is 5. The van der Waals surface area contributed by atoms with Crippen molar-refractivity contribution in [2.24, 2.45) is 5.92 Å². The number of carbonyl (C=O) groups excluding carboxylic acids is 2. The molecule has 1 fully saturated rings. The summed E-state index contributed by atoms with van der Waals surface area (Å²) >= 11 is 1.41. The predicted molar refractivity (Wildman–Crippen MR) is 82.5 cm³/mol. The molecular weight excluding hydrogens is 302 g/mol. The average molecular weight is 319 g/mol. The van der Waals surface area contributed by atoms with Crippen molar-refractivity contribution in [1.29, 1.82) is 0 Å². The van der Waals surface area contributed by atoms with Crippen LogP contribution in [0, 0.1) is 5.92 Å². The number of H-pyrrole nitrogens is 1. The molecule has 3 heterocycles. The number of amides is 2. The van der Waals surface area contributed by atoms with Crippen molar-refractivity contribution in [1.82, 2.24) is 20.1 Å². The molecule has 1 aliphatic heterocycles. The maximum atomic E-state index is 12.5. The zero-order valence-electron chi connectivity index (χ0n) is 12.2. The Morgan fingerprint density at radius 2 is 2.45 bits per heavy atom. The Hall–Kier alpha value is -2.22. The number of nitrogens with one attached hydrogen (secondary N) is 1. The molecule has 2 aromatic rings. The lowest BCUT2D eigenvalue weighted by molar-refractivity contribution is -0.134. The fraction of sp³-hybridized carbons (Fsp3) is 0.429. The monoisotopic (exact) mass is 319 g/mol. The van der Waals surface area contributed by atoms with Crippen LogP contribution >= 0.6 is 11.3 Å². The highest BCUT2D eigenvalue weighted by molar-refractivity contribution is 7.13. The van der Waals surface area contributed by atoms with Crippen molar-refractivity contribution in [3.63, 3.8) is 0 Å². The summed E-state index contributed by atoms with van der Waals surface area (Å²) < 4.78 is 0. The number of aromatic nitrogens is 3. The molecular formula is C14H17N5O2S. The van der Waals surface area contributed by atoms with E-state index in [1.54, 1.807) is 29.2 Å². The van der Waals surface area contributed by atoms with Gasteiger partial charge in [-0.25, -0.2) is 4.98 Å². The normalized spacial score (nSPS) is 18.0. The van der Waals surface area contributed by atoms with E-state index in [2.05, 4.69) is 15.2 Å². The van der Waals surface area contributed by atoms with Crippen LogP contribution < -0.4 is 4.90 Å². The Bertz CT molecular complexity index is 640. The summed E-state index contributed by atoms with van der Waals surface area (Å²) in [6.07, 6.45) is 6.24. The van der Waals surface area contributed by atoms with Gasteiger partial charge in [-0.2, -0.15) is 5.10 Å². The standard InChI is InChI=1S/C14H17N5O2S/c1-18(4-2-10-7-16-17-8-10)13(21)11-6-12(20)19(9-11)14-15-3-5-22-14/h3,5,7-8,11H,2,4,6,9H2,1H3,(H,16,17). The number of carbonyl (C=O) groups is 2. The SMILES string of the molecule is CN(CCc1cn[nH]c1)C(=O)C1CC(=O)N(c2nccs2)C1. The van der Waals surface area contributed by atoms with Gasteiger partial charge in [-0.1, -0.05) is 0 Å². The van der Waals surface area contributed by atoms with Crippen LogP contribution in [0.3, 0.4) is 0 Å². The summed E-state index contributed by atoms with van der Waals surface area (Å²) in [6.45, 7) is 1.03. The molecule has 3 rings (SSSR count). The quantitative estimate of drug-likeness (QED) is 0.888. The second-order valence-electron chi connectivity index (χ2n) is 5.34. The Kier molecular flexibility index (Phi) is 4.19. The molecule has 8 heteroatoms. The molecule has 1 atom stereocenters.